The Morgan fingerprint density at radius 3 is 2.12 bits per heavy atom. The molecule has 0 heterocycles. The minimum atomic E-state index is -3.89. The van der Waals surface area contributed by atoms with Crippen LogP contribution in [0.1, 0.15) is 13.8 Å². The summed E-state index contributed by atoms with van der Waals surface area (Å²) in [6.45, 7) is 4.34. The van der Waals surface area contributed by atoms with E-state index in [0.717, 1.165) is 7.11 Å². The zero-order valence-corrected chi connectivity index (χ0v) is 11.3. The van der Waals surface area contributed by atoms with Gasteiger partial charge < -0.3 is 9.59 Å². The molecule has 2 atom stereocenters. The molecule has 0 aromatic carbocycles. The third-order valence-corrected chi connectivity index (χ3v) is 2.97. The van der Waals surface area contributed by atoms with Crippen molar-refractivity contribution in [3.05, 3.63) is 0 Å². The Bertz CT molecular complexity index is 299. The average molecular weight is 256 g/mol. The summed E-state index contributed by atoms with van der Waals surface area (Å²) in [5.41, 5.74) is 0. The van der Waals surface area contributed by atoms with Crippen LogP contribution < -0.4 is 0 Å². The predicted octanol–water partition coefficient (Wildman–Crippen LogP) is -0.260. The topological polar surface area (TPSA) is 72.8 Å². The summed E-state index contributed by atoms with van der Waals surface area (Å²) in [5.74, 6) is 0. The van der Waals surface area contributed by atoms with Crippen molar-refractivity contribution in [1.82, 2.24) is 0 Å². The Labute approximate surface area is 97.7 Å². The molecular formula is C9H22NO5S+. The van der Waals surface area contributed by atoms with Gasteiger partial charge in [-0.05, 0) is 13.8 Å². The van der Waals surface area contributed by atoms with Crippen LogP contribution in [0, 0.1) is 0 Å². The van der Waals surface area contributed by atoms with Gasteiger partial charge >= 0.3 is 10.4 Å². The van der Waals surface area contributed by atoms with E-state index in [0.29, 0.717) is 17.6 Å². The SMILES string of the molecule is COS(=O)(=O)OC(C)C[N+](C)(C)CC(C)O. The Hall–Kier alpha value is -0.210. The van der Waals surface area contributed by atoms with Gasteiger partial charge in [-0.2, -0.15) is 8.42 Å². The van der Waals surface area contributed by atoms with Crippen LogP contribution in [0.15, 0.2) is 0 Å². The van der Waals surface area contributed by atoms with Gasteiger partial charge in [0.1, 0.15) is 25.3 Å². The molecule has 0 spiro atoms. The van der Waals surface area contributed by atoms with Gasteiger partial charge in [0, 0.05) is 0 Å². The van der Waals surface area contributed by atoms with Gasteiger partial charge in [-0.1, -0.05) is 0 Å². The smallest absolute Gasteiger partial charge is 0.388 e. The fourth-order valence-corrected chi connectivity index (χ4v) is 2.30. The number of rotatable bonds is 7. The highest BCUT2D eigenvalue weighted by Gasteiger charge is 2.25. The molecule has 16 heavy (non-hydrogen) atoms. The number of quaternary nitrogens is 1. The van der Waals surface area contributed by atoms with Gasteiger partial charge in [0.15, 0.2) is 0 Å². The largest absolute Gasteiger partial charge is 0.400 e. The summed E-state index contributed by atoms with van der Waals surface area (Å²) >= 11 is 0. The lowest BCUT2D eigenvalue weighted by molar-refractivity contribution is -0.895. The lowest BCUT2D eigenvalue weighted by Gasteiger charge is -2.32. The second kappa shape index (κ2) is 5.92. The fourth-order valence-electron chi connectivity index (χ4n) is 1.76. The molecule has 0 fully saturated rings. The van der Waals surface area contributed by atoms with Crippen molar-refractivity contribution >= 4 is 10.4 Å². The maximum absolute atomic E-state index is 11.0. The number of aliphatic hydroxyl groups is 1. The summed E-state index contributed by atoms with van der Waals surface area (Å²) in [5, 5.41) is 9.28. The fraction of sp³-hybridized carbons (Fsp3) is 1.00. The first-order valence-electron chi connectivity index (χ1n) is 5.07. The second-order valence-electron chi connectivity index (χ2n) is 4.63. The number of nitrogens with zero attached hydrogens (tertiary/aromatic N) is 1. The van der Waals surface area contributed by atoms with Crippen LogP contribution in [0.5, 0.6) is 0 Å². The van der Waals surface area contributed by atoms with E-state index >= 15 is 0 Å². The molecule has 0 bridgehead atoms. The molecule has 7 heteroatoms. The minimum Gasteiger partial charge on any atom is -0.388 e. The van der Waals surface area contributed by atoms with E-state index in [-0.39, 0.29) is 0 Å². The first-order chi connectivity index (χ1) is 7.08. The molecule has 1 N–H and O–H groups in total. The van der Waals surface area contributed by atoms with E-state index in [1.54, 1.807) is 13.8 Å². The highest BCUT2D eigenvalue weighted by Crippen LogP contribution is 2.07. The monoisotopic (exact) mass is 256 g/mol. The Morgan fingerprint density at radius 1 is 1.25 bits per heavy atom. The lowest BCUT2D eigenvalue weighted by atomic mass is 10.3. The van der Waals surface area contributed by atoms with Gasteiger partial charge in [-0.3, -0.25) is 4.18 Å². The lowest BCUT2D eigenvalue weighted by Crippen LogP contribution is -2.49. The van der Waals surface area contributed by atoms with Crippen LogP contribution >= 0.6 is 0 Å². The average Bonchev–Trinajstić information content (AvgIpc) is 1.98. The number of hydrogen-bond donors (Lipinski definition) is 1. The van der Waals surface area contributed by atoms with Gasteiger partial charge in [0.25, 0.3) is 0 Å². The molecular weight excluding hydrogens is 234 g/mol. The quantitative estimate of drug-likeness (QED) is 0.635. The zero-order chi connectivity index (χ0) is 13.0. The van der Waals surface area contributed by atoms with Crippen LogP contribution in [0.2, 0.25) is 0 Å². The van der Waals surface area contributed by atoms with Gasteiger partial charge in [-0.15, -0.1) is 0 Å². The van der Waals surface area contributed by atoms with Crippen LogP contribution in [-0.2, 0) is 18.8 Å². The van der Waals surface area contributed by atoms with Gasteiger partial charge in [-0.25, -0.2) is 4.18 Å². The van der Waals surface area contributed by atoms with Crippen LogP contribution in [0.4, 0.5) is 0 Å². The van der Waals surface area contributed by atoms with Gasteiger partial charge in [0.05, 0.1) is 21.2 Å². The predicted molar refractivity (Wildman–Crippen MR) is 60.0 cm³/mol. The van der Waals surface area contributed by atoms with E-state index < -0.39 is 22.6 Å². The summed E-state index contributed by atoms with van der Waals surface area (Å²) in [6.07, 6.45) is -0.945. The van der Waals surface area contributed by atoms with Crippen molar-refractivity contribution in [3.63, 3.8) is 0 Å². The number of hydrogen-bond acceptors (Lipinski definition) is 5. The summed E-state index contributed by atoms with van der Waals surface area (Å²) in [7, 11) is 0.951. The maximum Gasteiger partial charge on any atom is 0.400 e. The van der Waals surface area contributed by atoms with E-state index in [2.05, 4.69) is 4.18 Å². The standard InChI is InChI=1S/C9H22NO5S/c1-8(11)6-10(3,4)7-9(2)15-16(12,13)14-5/h8-9,11H,6-7H2,1-5H3/q+1. The van der Waals surface area contributed by atoms with E-state index in [1.807, 2.05) is 14.1 Å². The second-order valence-corrected chi connectivity index (χ2v) is 5.97. The molecule has 2 unspecified atom stereocenters. The Kier molecular flexibility index (Phi) is 5.85. The van der Waals surface area contributed by atoms with Crippen molar-refractivity contribution in [2.75, 3.05) is 34.3 Å². The molecule has 98 valence electrons. The normalized spacial score (nSPS) is 17.1. The van der Waals surface area contributed by atoms with Crippen LogP contribution in [0.25, 0.3) is 0 Å². The molecule has 0 aromatic rings. The van der Waals surface area contributed by atoms with Crippen molar-refractivity contribution in [2.45, 2.75) is 26.1 Å². The number of aliphatic hydroxyl groups excluding tert-OH is 1. The molecule has 0 aliphatic rings. The molecule has 0 aromatic heterocycles. The summed E-state index contributed by atoms with van der Waals surface area (Å²) in [4.78, 5) is 0. The third kappa shape index (κ3) is 7.13. The molecule has 0 saturated carbocycles. The highest BCUT2D eigenvalue weighted by atomic mass is 32.3. The van der Waals surface area contributed by atoms with Crippen molar-refractivity contribution < 1.29 is 26.4 Å². The third-order valence-electron chi connectivity index (χ3n) is 2.00. The van der Waals surface area contributed by atoms with Crippen LogP contribution in [-0.4, -0.2) is 64.5 Å². The zero-order valence-electron chi connectivity index (χ0n) is 10.5. The van der Waals surface area contributed by atoms with Crippen molar-refractivity contribution in [2.24, 2.45) is 0 Å². The van der Waals surface area contributed by atoms with E-state index in [1.165, 1.54) is 0 Å². The minimum absolute atomic E-state index is 0.443. The molecule has 0 radical (unpaired) electrons. The maximum atomic E-state index is 11.0. The molecule has 0 aliphatic heterocycles. The molecule has 0 amide bonds. The molecule has 0 saturated heterocycles. The molecule has 0 aliphatic carbocycles. The summed E-state index contributed by atoms with van der Waals surface area (Å²) < 4.78 is 31.5. The van der Waals surface area contributed by atoms with Crippen molar-refractivity contribution in [3.8, 4) is 0 Å². The summed E-state index contributed by atoms with van der Waals surface area (Å²) in [6, 6.07) is 0. The first kappa shape index (κ1) is 15.8. The first-order valence-corrected chi connectivity index (χ1v) is 6.40. The van der Waals surface area contributed by atoms with Gasteiger partial charge in [0.2, 0.25) is 0 Å². The molecule has 0 rings (SSSR count). The highest BCUT2D eigenvalue weighted by molar-refractivity contribution is 7.81. The Balaban J connectivity index is 4.29. The number of likely N-dealkylation sites (N-methyl/N-ethyl adjacent to an activating group) is 1. The van der Waals surface area contributed by atoms with E-state index in [9.17, 15) is 13.5 Å². The van der Waals surface area contributed by atoms with Crippen LogP contribution in [0.3, 0.4) is 0 Å². The van der Waals surface area contributed by atoms with Crippen molar-refractivity contribution in [1.29, 1.82) is 0 Å². The Morgan fingerprint density at radius 2 is 1.75 bits per heavy atom. The van der Waals surface area contributed by atoms with E-state index in [4.69, 9.17) is 4.18 Å². The molecule has 6 nitrogen and oxygen atoms in total.